The summed E-state index contributed by atoms with van der Waals surface area (Å²) < 4.78 is 5.57. The molecule has 0 bridgehead atoms. The van der Waals surface area contributed by atoms with Crippen LogP contribution in [0.15, 0.2) is 48.5 Å². The van der Waals surface area contributed by atoms with Crippen molar-refractivity contribution in [3.8, 4) is 17.0 Å². The zero-order valence-electron chi connectivity index (χ0n) is 17.3. The number of hydrogen-bond acceptors (Lipinski definition) is 5. The molecule has 1 unspecified atom stereocenters. The highest BCUT2D eigenvalue weighted by Gasteiger charge is 2.24. The van der Waals surface area contributed by atoms with Gasteiger partial charge in [-0.2, -0.15) is 11.8 Å². The molecule has 3 nitrogen and oxygen atoms in total. The Morgan fingerprint density at radius 2 is 1.97 bits per heavy atom. The fourth-order valence-corrected chi connectivity index (χ4v) is 5.29. The molecular weight excluding hydrogens is 420 g/mol. The molecule has 1 heterocycles. The van der Waals surface area contributed by atoms with Crippen LogP contribution < -0.4 is 9.64 Å². The summed E-state index contributed by atoms with van der Waals surface area (Å²) in [6, 6.07) is 16.8. The van der Waals surface area contributed by atoms with Gasteiger partial charge in [-0.3, -0.25) is 0 Å². The number of thiazole rings is 1. The number of rotatable bonds is 9. The van der Waals surface area contributed by atoms with Crippen LogP contribution in [0.2, 0.25) is 5.02 Å². The Morgan fingerprint density at radius 1 is 1.21 bits per heavy atom. The van der Waals surface area contributed by atoms with Crippen LogP contribution in [-0.4, -0.2) is 30.6 Å². The number of ether oxygens (including phenoxy) is 1. The minimum atomic E-state index is 0.289. The second-order valence-electron chi connectivity index (χ2n) is 6.82. The van der Waals surface area contributed by atoms with Crippen LogP contribution in [0.5, 0.6) is 5.75 Å². The van der Waals surface area contributed by atoms with Crippen LogP contribution in [0.25, 0.3) is 11.3 Å². The molecule has 0 aliphatic heterocycles. The second kappa shape index (κ2) is 10.4. The quantitative estimate of drug-likeness (QED) is 0.350. The van der Waals surface area contributed by atoms with Crippen molar-refractivity contribution < 1.29 is 4.74 Å². The van der Waals surface area contributed by atoms with Crippen molar-refractivity contribution in [2.45, 2.75) is 26.3 Å². The summed E-state index contributed by atoms with van der Waals surface area (Å²) in [6.45, 7) is 5.31. The molecule has 0 N–H and O–H groups in total. The molecule has 0 radical (unpaired) electrons. The van der Waals surface area contributed by atoms with E-state index < -0.39 is 0 Å². The van der Waals surface area contributed by atoms with E-state index in [0.29, 0.717) is 5.02 Å². The summed E-state index contributed by atoms with van der Waals surface area (Å²) in [7, 11) is 1.67. The number of aromatic nitrogens is 1. The Balaban J connectivity index is 2.04. The first-order valence-electron chi connectivity index (χ1n) is 9.70. The lowest BCUT2D eigenvalue weighted by Crippen LogP contribution is -2.31. The number of nitrogens with zero attached hydrogens (tertiary/aromatic N) is 2. The van der Waals surface area contributed by atoms with E-state index in [1.807, 2.05) is 30.0 Å². The lowest BCUT2D eigenvalue weighted by Gasteiger charge is -2.31. The fourth-order valence-electron chi connectivity index (χ4n) is 3.44. The van der Waals surface area contributed by atoms with Gasteiger partial charge in [-0.1, -0.05) is 48.9 Å². The largest absolute Gasteiger partial charge is 0.496 e. The van der Waals surface area contributed by atoms with Crippen molar-refractivity contribution in [1.29, 1.82) is 0 Å². The Kier molecular flexibility index (Phi) is 7.87. The molecule has 3 aromatic rings. The van der Waals surface area contributed by atoms with Gasteiger partial charge < -0.3 is 9.64 Å². The molecule has 0 fully saturated rings. The summed E-state index contributed by atoms with van der Waals surface area (Å²) in [5.41, 5.74) is 3.28. The van der Waals surface area contributed by atoms with Gasteiger partial charge in [0.05, 0.1) is 18.8 Å². The van der Waals surface area contributed by atoms with Crippen molar-refractivity contribution in [1.82, 2.24) is 4.98 Å². The third-order valence-corrected chi connectivity index (χ3v) is 6.69. The van der Waals surface area contributed by atoms with Crippen molar-refractivity contribution in [2.75, 3.05) is 30.6 Å². The van der Waals surface area contributed by atoms with Crippen LogP contribution in [-0.2, 0) is 0 Å². The number of aryl methyl sites for hydroxylation is 1. The van der Waals surface area contributed by atoms with E-state index in [1.54, 1.807) is 18.4 Å². The van der Waals surface area contributed by atoms with Gasteiger partial charge in [0.25, 0.3) is 0 Å². The van der Waals surface area contributed by atoms with Crippen molar-refractivity contribution in [3.63, 3.8) is 0 Å². The minimum Gasteiger partial charge on any atom is -0.496 e. The number of methoxy groups -OCH3 is 1. The van der Waals surface area contributed by atoms with E-state index in [2.05, 4.69) is 55.3 Å². The van der Waals surface area contributed by atoms with E-state index in [4.69, 9.17) is 21.3 Å². The van der Waals surface area contributed by atoms with Crippen molar-refractivity contribution in [3.05, 3.63) is 64.0 Å². The Hall–Kier alpha value is -1.69. The van der Waals surface area contributed by atoms with Gasteiger partial charge in [-0.25, -0.2) is 4.98 Å². The number of halogens is 1. The fraction of sp³-hybridized carbons (Fsp3) is 0.348. The zero-order valence-corrected chi connectivity index (χ0v) is 19.7. The highest BCUT2D eigenvalue weighted by Crippen LogP contribution is 2.40. The third kappa shape index (κ3) is 5.08. The topological polar surface area (TPSA) is 25.4 Å². The monoisotopic (exact) mass is 446 g/mol. The molecule has 0 saturated carbocycles. The van der Waals surface area contributed by atoms with E-state index in [1.165, 1.54) is 10.4 Å². The number of hydrogen-bond donors (Lipinski definition) is 0. The molecule has 29 heavy (non-hydrogen) atoms. The van der Waals surface area contributed by atoms with Gasteiger partial charge in [0.2, 0.25) is 0 Å². The molecule has 0 aliphatic rings. The highest BCUT2D eigenvalue weighted by molar-refractivity contribution is 7.98. The van der Waals surface area contributed by atoms with Gasteiger partial charge in [0.1, 0.15) is 5.75 Å². The van der Waals surface area contributed by atoms with Crippen LogP contribution in [0.3, 0.4) is 0 Å². The maximum absolute atomic E-state index is 6.16. The van der Waals surface area contributed by atoms with Crippen LogP contribution in [0, 0.1) is 6.92 Å². The van der Waals surface area contributed by atoms with Gasteiger partial charge in [0, 0.05) is 27.8 Å². The van der Waals surface area contributed by atoms with Gasteiger partial charge >= 0.3 is 0 Å². The van der Waals surface area contributed by atoms with E-state index in [0.717, 1.165) is 40.9 Å². The first-order valence-corrected chi connectivity index (χ1v) is 12.3. The Morgan fingerprint density at radius 3 is 2.62 bits per heavy atom. The predicted octanol–water partition coefficient (Wildman–Crippen LogP) is 7.10. The second-order valence-corrected chi connectivity index (χ2v) is 9.35. The molecule has 2 aromatic carbocycles. The SMILES string of the molecule is CCCN(c1nc(-c2ccc(Cl)cc2OC)c(C)s1)C(CSC)c1ccccc1. The number of benzene rings is 2. The van der Waals surface area contributed by atoms with E-state index in [-0.39, 0.29) is 6.04 Å². The highest BCUT2D eigenvalue weighted by atomic mass is 35.5. The molecule has 1 atom stereocenters. The molecule has 3 rings (SSSR count). The average Bonchev–Trinajstić information content (AvgIpc) is 3.12. The summed E-state index contributed by atoms with van der Waals surface area (Å²) >= 11 is 9.77. The average molecular weight is 447 g/mol. The van der Waals surface area contributed by atoms with E-state index >= 15 is 0 Å². The summed E-state index contributed by atoms with van der Waals surface area (Å²) in [5.74, 6) is 1.77. The summed E-state index contributed by atoms with van der Waals surface area (Å²) in [5, 5.41) is 1.72. The first-order chi connectivity index (χ1) is 14.1. The first kappa shape index (κ1) is 22.0. The number of anilines is 1. The molecular formula is C23H27ClN2OS2. The standard InChI is InChI=1S/C23H27ClN2OS2/c1-5-13-26(20(15-28-4)17-9-7-6-8-10-17)23-25-22(16(2)29-23)19-12-11-18(24)14-21(19)27-3/h6-12,14,20H,5,13,15H2,1-4H3. The van der Waals surface area contributed by atoms with Crippen LogP contribution in [0.4, 0.5) is 5.13 Å². The van der Waals surface area contributed by atoms with Crippen molar-refractivity contribution >= 4 is 39.8 Å². The Bertz CT molecular complexity index is 930. The van der Waals surface area contributed by atoms with Gasteiger partial charge in [-0.15, -0.1) is 11.3 Å². The lowest BCUT2D eigenvalue weighted by atomic mass is 10.1. The number of thioether (sulfide) groups is 1. The predicted molar refractivity (Wildman–Crippen MR) is 129 cm³/mol. The van der Waals surface area contributed by atoms with Crippen LogP contribution >= 0.6 is 34.7 Å². The molecule has 0 amide bonds. The third-order valence-electron chi connectivity index (χ3n) is 4.80. The van der Waals surface area contributed by atoms with Gasteiger partial charge in [-0.05, 0) is 43.4 Å². The molecule has 6 heteroatoms. The lowest BCUT2D eigenvalue weighted by molar-refractivity contribution is 0.416. The molecule has 0 aliphatic carbocycles. The molecule has 1 aromatic heterocycles. The molecule has 0 spiro atoms. The smallest absolute Gasteiger partial charge is 0.186 e. The van der Waals surface area contributed by atoms with Gasteiger partial charge in [0.15, 0.2) is 5.13 Å². The maximum atomic E-state index is 6.16. The summed E-state index contributed by atoms with van der Waals surface area (Å²) in [6.07, 6.45) is 3.23. The Labute approximate surface area is 187 Å². The van der Waals surface area contributed by atoms with Crippen molar-refractivity contribution in [2.24, 2.45) is 0 Å². The molecule has 0 saturated heterocycles. The maximum Gasteiger partial charge on any atom is 0.186 e. The van der Waals surface area contributed by atoms with E-state index in [9.17, 15) is 0 Å². The zero-order chi connectivity index (χ0) is 20.8. The summed E-state index contributed by atoms with van der Waals surface area (Å²) in [4.78, 5) is 8.71. The normalized spacial score (nSPS) is 12.0. The van der Waals surface area contributed by atoms with Crippen LogP contribution in [0.1, 0.15) is 29.8 Å². The minimum absolute atomic E-state index is 0.289. The molecule has 154 valence electrons.